The van der Waals surface area contributed by atoms with E-state index in [-0.39, 0.29) is 22.0 Å². The van der Waals surface area contributed by atoms with Gasteiger partial charge in [-0.1, -0.05) is 36.7 Å². The number of benzene rings is 2. The van der Waals surface area contributed by atoms with Crippen molar-refractivity contribution < 1.29 is 13.2 Å². The topological polar surface area (TPSA) is 66.5 Å². The summed E-state index contributed by atoms with van der Waals surface area (Å²) in [4.78, 5) is 12.6. The van der Waals surface area contributed by atoms with Gasteiger partial charge in [0.1, 0.15) is 0 Å². The lowest BCUT2D eigenvalue weighted by molar-refractivity contribution is 0.0911. The average molecular weight is 409 g/mol. The summed E-state index contributed by atoms with van der Waals surface area (Å²) < 4.78 is 27.6. The van der Waals surface area contributed by atoms with E-state index < -0.39 is 21.5 Å². The minimum absolute atomic E-state index is 0.0251. The second-order valence-corrected chi connectivity index (χ2v) is 9.11. The molecule has 0 saturated heterocycles. The molecule has 146 valence electrons. The molecule has 0 unspecified atom stereocenters. The number of nitrogens with one attached hydrogen (secondary N) is 1. The van der Waals surface area contributed by atoms with Gasteiger partial charge in [0.25, 0.3) is 15.9 Å². The van der Waals surface area contributed by atoms with Gasteiger partial charge in [-0.3, -0.25) is 9.10 Å². The van der Waals surface area contributed by atoms with Crippen molar-refractivity contribution >= 4 is 33.2 Å². The van der Waals surface area contributed by atoms with Crippen LogP contribution in [0.5, 0.6) is 0 Å². The van der Waals surface area contributed by atoms with Crippen LogP contribution >= 0.6 is 11.6 Å². The number of anilines is 1. The van der Waals surface area contributed by atoms with Crippen molar-refractivity contribution in [2.24, 2.45) is 0 Å². The number of sulfonamides is 1. The van der Waals surface area contributed by atoms with Crippen LogP contribution in [0.3, 0.4) is 0 Å². The number of amides is 1. The maximum atomic E-state index is 13.1. The molecular weight excluding hydrogens is 384 g/mol. The highest BCUT2D eigenvalue weighted by atomic mass is 35.5. The average Bonchev–Trinajstić information content (AvgIpc) is 2.62. The summed E-state index contributed by atoms with van der Waals surface area (Å²) in [5.41, 5.74) is 0.283. The summed E-state index contributed by atoms with van der Waals surface area (Å²) in [5.74, 6) is -0.397. The Kier molecular flexibility index (Phi) is 6.54. The summed E-state index contributed by atoms with van der Waals surface area (Å²) in [6.45, 7) is 7.78. The van der Waals surface area contributed by atoms with Crippen LogP contribution in [-0.2, 0) is 10.0 Å². The van der Waals surface area contributed by atoms with E-state index in [9.17, 15) is 13.2 Å². The molecule has 27 heavy (non-hydrogen) atoms. The van der Waals surface area contributed by atoms with Gasteiger partial charge in [-0.2, -0.15) is 0 Å². The van der Waals surface area contributed by atoms with Crippen molar-refractivity contribution in [3.8, 4) is 0 Å². The molecule has 0 heterocycles. The quantitative estimate of drug-likeness (QED) is 0.734. The van der Waals surface area contributed by atoms with Crippen molar-refractivity contribution in [3.05, 3.63) is 59.1 Å². The Morgan fingerprint density at radius 1 is 1.11 bits per heavy atom. The van der Waals surface area contributed by atoms with E-state index in [4.69, 9.17) is 11.6 Å². The van der Waals surface area contributed by atoms with E-state index in [0.717, 1.165) is 6.42 Å². The lowest BCUT2D eigenvalue weighted by Gasteiger charge is -2.25. The predicted octanol–water partition coefficient (Wildman–Crippen LogP) is 4.47. The first-order valence-electron chi connectivity index (χ1n) is 8.82. The van der Waals surface area contributed by atoms with Gasteiger partial charge in [-0.25, -0.2) is 8.42 Å². The number of nitrogens with zero attached hydrogens (tertiary/aromatic N) is 1. The molecule has 7 heteroatoms. The van der Waals surface area contributed by atoms with Crippen LogP contribution in [0.2, 0.25) is 5.02 Å². The van der Waals surface area contributed by atoms with Gasteiger partial charge >= 0.3 is 0 Å². The van der Waals surface area contributed by atoms with E-state index in [1.165, 1.54) is 22.5 Å². The Balaban J connectivity index is 2.45. The Bertz CT molecular complexity index is 912. The highest BCUT2D eigenvalue weighted by molar-refractivity contribution is 7.92. The van der Waals surface area contributed by atoms with E-state index in [1.807, 2.05) is 26.8 Å². The normalized spacial score (nSPS) is 11.9. The minimum atomic E-state index is -3.83. The largest absolute Gasteiger partial charge is 0.347 e. The molecule has 2 rings (SSSR count). The fraction of sp³-hybridized carbons (Fsp3) is 0.350. The zero-order chi connectivity index (χ0) is 20.2. The van der Waals surface area contributed by atoms with Crippen LogP contribution in [0.4, 0.5) is 5.69 Å². The third-order valence-electron chi connectivity index (χ3n) is 4.44. The first-order valence-corrected chi connectivity index (χ1v) is 10.6. The maximum absolute atomic E-state index is 13.1. The summed E-state index contributed by atoms with van der Waals surface area (Å²) in [6.07, 6.45) is 0.728. The van der Waals surface area contributed by atoms with Crippen molar-refractivity contribution in [2.45, 2.75) is 44.6 Å². The van der Waals surface area contributed by atoms with Crippen LogP contribution in [0.25, 0.3) is 0 Å². The summed E-state index contributed by atoms with van der Waals surface area (Å²) in [5, 5.41) is 3.09. The predicted molar refractivity (Wildman–Crippen MR) is 110 cm³/mol. The standard InChI is InChI=1S/C20H25ClN2O3S/c1-5-20(3,4)22-19(24)17-14-16(12-13-18(17)21)27(25,26)23(6-2)15-10-8-7-9-11-15/h7-14H,5-6H2,1-4H3,(H,22,24). The smallest absolute Gasteiger partial charge is 0.264 e. The lowest BCUT2D eigenvalue weighted by atomic mass is 10.0. The SMILES string of the molecule is CCN(c1ccccc1)S(=O)(=O)c1ccc(Cl)c(C(=O)NC(C)(C)CC)c1. The molecule has 0 radical (unpaired) electrons. The van der Waals surface area contributed by atoms with Crippen LogP contribution < -0.4 is 9.62 Å². The van der Waals surface area contributed by atoms with Crippen molar-refractivity contribution in [1.29, 1.82) is 0 Å². The van der Waals surface area contributed by atoms with E-state index in [2.05, 4.69) is 5.32 Å². The van der Waals surface area contributed by atoms with E-state index >= 15 is 0 Å². The first kappa shape index (κ1) is 21.3. The number of hydrogen-bond acceptors (Lipinski definition) is 3. The second kappa shape index (κ2) is 8.31. The van der Waals surface area contributed by atoms with Crippen LogP contribution in [0.15, 0.2) is 53.4 Å². The molecule has 2 aromatic carbocycles. The molecule has 0 aliphatic rings. The number of carbonyl (C=O) groups is 1. The highest BCUT2D eigenvalue weighted by Gasteiger charge is 2.26. The molecule has 0 fully saturated rings. The zero-order valence-corrected chi connectivity index (χ0v) is 17.6. The highest BCUT2D eigenvalue weighted by Crippen LogP contribution is 2.27. The number of halogens is 1. The number of rotatable bonds is 7. The molecule has 0 atom stereocenters. The van der Waals surface area contributed by atoms with Crippen molar-refractivity contribution in [2.75, 3.05) is 10.8 Å². The van der Waals surface area contributed by atoms with Crippen LogP contribution in [0, 0.1) is 0 Å². The van der Waals surface area contributed by atoms with E-state index in [0.29, 0.717) is 5.69 Å². The Morgan fingerprint density at radius 2 is 1.74 bits per heavy atom. The Morgan fingerprint density at radius 3 is 2.30 bits per heavy atom. The van der Waals surface area contributed by atoms with Gasteiger partial charge in [-0.05, 0) is 57.5 Å². The zero-order valence-electron chi connectivity index (χ0n) is 16.0. The summed E-state index contributed by atoms with van der Waals surface area (Å²) in [7, 11) is -3.83. The molecule has 0 bridgehead atoms. The molecule has 0 aliphatic heterocycles. The van der Waals surface area contributed by atoms with Crippen LogP contribution in [0.1, 0.15) is 44.5 Å². The van der Waals surface area contributed by atoms with Gasteiger partial charge in [0, 0.05) is 12.1 Å². The number of carbonyl (C=O) groups excluding carboxylic acids is 1. The molecule has 5 nitrogen and oxygen atoms in total. The minimum Gasteiger partial charge on any atom is -0.347 e. The molecule has 1 N–H and O–H groups in total. The first-order chi connectivity index (χ1) is 12.6. The van der Waals surface area contributed by atoms with Crippen molar-refractivity contribution in [1.82, 2.24) is 5.32 Å². The monoisotopic (exact) mass is 408 g/mol. The fourth-order valence-electron chi connectivity index (χ4n) is 2.51. The molecule has 0 aromatic heterocycles. The molecule has 2 aromatic rings. The summed E-state index contributed by atoms with van der Waals surface area (Å²) in [6, 6.07) is 13.0. The Hall–Kier alpha value is -2.05. The molecule has 1 amide bonds. The second-order valence-electron chi connectivity index (χ2n) is 6.84. The van der Waals surface area contributed by atoms with Gasteiger partial charge in [0.15, 0.2) is 0 Å². The molecule has 0 spiro atoms. The third-order valence-corrected chi connectivity index (χ3v) is 6.67. The number of para-hydroxylation sites is 1. The van der Waals surface area contributed by atoms with Gasteiger partial charge in [0.2, 0.25) is 0 Å². The molecular formula is C20H25ClN2O3S. The Labute approximate surface area is 166 Å². The van der Waals surface area contributed by atoms with Crippen molar-refractivity contribution in [3.63, 3.8) is 0 Å². The fourth-order valence-corrected chi connectivity index (χ4v) is 4.22. The maximum Gasteiger partial charge on any atom is 0.264 e. The van der Waals surface area contributed by atoms with Gasteiger partial charge < -0.3 is 5.32 Å². The molecule has 0 aliphatic carbocycles. The summed E-state index contributed by atoms with van der Waals surface area (Å²) >= 11 is 6.17. The van der Waals surface area contributed by atoms with Crippen LogP contribution in [-0.4, -0.2) is 26.4 Å². The van der Waals surface area contributed by atoms with Gasteiger partial charge in [0.05, 0.1) is 21.2 Å². The van der Waals surface area contributed by atoms with E-state index in [1.54, 1.807) is 31.2 Å². The third kappa shape index (κ3) is 4.82. The molecule has 0 saturated carbocycles. The number of hydrogen-bond donors (Lipinski definition) is 1. The lowest BCUT2D eigenvalue weighted by Crippen LogP contribution is -2.43. The van der Waals surface area contributed by atoms with Gasteiger partial charge in [-0.15, -0.1) is 0 Å².